The molecule has 22 heavy (non-hydrogen) atoms. The van der Waals surface area contributed by atoms with Crippen molar-refractivity contribution < 1.29 is 14.0 Å². The van der Waals surface area contributed by atoms with Crippen LogP contribution in [0, 0.1) is 5.82 Å². The van der Waals surface area contributed by atoms with Gasteiger partial charge in [-0.15, -0.1) is 11.3 Å². The van der Waals surface area contributed by atoms with Crippen molar-refractivity contribution in [3.05, 3.63) is 35.5 Å². The molecule has 0 unspecified atom stereocenters. The molecule has 0 aliphatic rings. The van der Waals surface area contributed by atoms with Gasteiger partial charge < -0.3 is 5.32 Å². The molecular formula is C14H14FN3O2S2. The van der Waals surface area contributed by atoms with Gasteiger partial charge >= 0.3 is 6.03 Å². The van der Waals surface area contributed by atoms with Crippen molar-refractivity contribution in [3.8, 4) is 11.3 Å². The summed E-state index contributed by atoms with van der Waals surface area (Å²) in [5.41, 5.74) is 1.55. The van der Waals surface area contributed by atoms with Crippen LogP contribution in [0.4, 0.5) is 9.18 Å². The first-order valence-electron chi connectivity index (χ1n) is 6.50. The van der Waals surface area contributed by atoms with Crippen molar-refractivity contribution in [2.45, 2.75) is 11.3 Å². The maximum absolute atomic E-state index is 12.9. The number of thioether (sulfide) groups is 1. The van der Waals surface area contributed by atoms with Gasteiger partial charge in [0.25, 0.3) is 0 Å². The number of nitrogens with zero attached hydrogens (tertiary/aromatic N) is 1. The maximum Gasteiger partial charge on any atom is 0.321 e. The number of halogens is 1. The summed E-state index contributed by atoms with van der Waals surface area (Å²) in [5.74, 6) is -0.571. The lowest BCUT2D eigenvalue weighted by Gasteiger charge is -2.03. The molecule has 3 amide bonds. The Labute approximate surface area is 135 Å². The first-order chi connectivity index (χ1) is 10.6. The highest BCUT2D eigenvalue weighted by molar-refractivity contribution is 8.01. The molecule has 0 radical (unpaired) electrons. The second kappa shape index (κ2) is 7.90. The fourth-order valence-corrected chi connectivity index (χ4v) is 3.21. The van der Waals surface area contributed by atoms with Gasteiger partial charge in [-0.2, -0.15) is 0 Å². The first-order valence-corrected chi connectivity index (χ1v) is 8.37. The third-order valence-corrected chi connectivity index (χ3v) is 4.56. The van der Waals surface area contributed by atoms with E-state index in [2.05, 4.69) is 15.6 Å². The number of urea groups is 1. The topological polar surface area (TPSA) is 71.1 Å². The van der Waals surface area contributed by atoms with E-state index in [0.29, 0.717) is 10.9 Å². The molecule has 1 heterocycles. The predicted molar refractivity (Wildman–Crippen MR) is 85.4 cm³/mol. The standard InChI is InChI=1S/C14H14FN3O2S2/c1-2-16-13(20)18-12(19)8-22-14-17-11(7-21-14)9-3-5-10(15)6-4-9/h3-7H,2,8H2,1H3,(H2,16,18,19,20). The Balaban J connectivity index is 1.88. The minimum Gasteiger partial charge on any atom is -0.338 e. The number of aromatic nitrogens is 1. The lowest BCUT2D eigenvalue weighted by atomic mass is 10.2. The molecule has 0 saturated heterocycles. The summed E-state index contributed by atoms with van der Waals surface area (Å²) < 4.78 is 13.6. The Kier molecular flexibility index (Phi) is 5.91. The van der Waals surface area contributed by atoms with E-state index in [9.17, 15) is 14.0 Å². The van der Waals surface area contributed by atoms with E-state index in [1.807, 2.05) is 5.38 Å². The Morgan fingerprint density at radius 1 is 1.32 bits per heavy atom. The molecule has 0 saturated carbocycles. The van der Waals surface area contributed by atoms with Gasteiger partial charge in [-0.3, -0.25) is 10.1 Å². The van der Waals surface area contributed by atoms with Gasteiger partial charge in [-0.1, -0.05) is 11.8 Å². The normalized spacial score (nSPS) is 10.3. The Morgan fingerprint density at radius 3 is 2.73 bits per heavy atom. The molecule has 8 heteroatoms. The number of thiazole rings is 1. The lowest BCUT2D eigenvalue weighted by Crippen LogP contribution is -2.40. The zero-order valence-corrected chi connectivity index (χ0v) is 13.4. The van der Waals surface area contributed by atoms with Crippen LogP contribution in [0.25, 0.3) is 11.3 Å². The van der Waals surface area contributed by atoms with Gasteiger partial charge in [-0.25, -0.2) is 14.2 Å². The van der Waals surface area contributed by atoms with Crippen LogP contribution < -0.4 is 10.6 Å². The number of carbonyl (C=O) groups excluding carboxylic acids is 2. The molecule has 2 aromatic rings. The zero-order valence-electron chi connectivity index (χ0n) is 11.8. The molecule has 0 fully saturated rings. The number of rotatable bonds is 5. The van der Waals surface area contributed by atoms with Crippen LogP contribution in [-0.4, -0.2) is 29.2 Å². The molecule has 0 aliphatic heterocycles. The highest BCUT2D eigenvalue weighted by Crippen LogP contribution is 2.28. The van der Waals surface area contributed by atoms with Crippen molar-refractivity contribution in [2.75, 3.05) is 12.3 Å². The number of benzene rings is 1. The van der Waals surface area contributed by atoms with Crippen LogP contribution >= 0.6 is 23.1 Å². The summed E-state index contributed by atoms with van der Waals surface area (Å²) in [6.07, 6.45) is 0. The van der Waals surface area contributed by atoms with Crippen LogP contribution in [0.3, 0.4) is 0 Å². The molecule has 1 aromatic carbocycles. The van der Waals surface area contributed by atoms with Crippen LogP contribution in [0.5, 0.6) is 0 Å². The third kappa shape index (κ3) is 4.81. The van der Waals surface area contributed by atoms with Gasteiger partial charge in [0.05, 0.1) is 11.4 Å². The number of imide groups is 1. The molecular weight excluding hydrogens is 325 g/mol. The second-order valence-electron chi connectivity index (χ2n) is 4.20. The quantitative estimate of drug-likeness (QED) is 0.822. The fraction of sp³-hybridized carbons (Fsp3) is 0.214. The van der Waals surface area contributed by atoms with Gasteiger partial charge in [0.1, 0.15) is 5.82 Å². The van der Waals surface area contributed by atoms with Gasteiger partial charge in [0, 0.05) is 17.5 Å². The summed E-state index contributed by atoms with van der Waals surface area (Å²) in [5, 5.41) is 6.55. The van der Waals surface area contributed by atoms with E-state index in [4.69, 9.17) is 0 Å². The molecule has 1 aromatic heterocycles. The molecule has 116 valence electrons. The van der Waals surface area contributed by atoms with Gasteiger partial charge in [0.2, 0.25) is 5.91 Å². The van der Waals surface area contributed by atoms with Crippen LogP contribution in [0.15, 0.2) is 34.0 Å². The molecule has 5 nitrogen and oxygen atoms in total. The molecule has 0 atom stereocenters. The molecule has 0 spiro atoms. The Bertz CT molecular complexity index is 658. The van der Waals surface area contributed by atoms with Crippen molar-refractivity contribution >= 4 is 35.0 Å². The third-order valence-electron chi connectivity index (χ3n) is 2.54. The van der Waals surface area contributed by atoms with Crippen molar-refractivity contribution in [1.29, 1.82) is 0 Å². The van der Waals surface area contributed by atoms with Crippen LogP contribution in [0.1, 0.15) is 6.92 Å². The molecule has 2 N–H and O–H groups in total. The SMILES string of the molecule is CCNC(=O)NC(=O)CSc1nc(-c2ccc(F)cc2)cs1. The predicted octanol–water partition coefficient (Wildman–Crippen LogP) is 2.89. The maximum atomic E-state index is 12.9. The lowest BCUT2D eigenvalue weighted by molar-refractivity contribution is -0.117. The molecule has 0 aliphatic carbocycles. The second-order valence-corrected chi connectivity index (χ2v) is 6.28. The van der Waals surface area contributed by atoms with Crippen molar-refractivity contribution in [3.63, 3.8) is 0 Å². The first kappa shape index (κ1) is 16.4. The van der Waals surface area contributed by atoms with Gasteiger partial charge in [0.15, 0.2) is 4.34 Å². The largest absolute Gasteiger partial charge is 0.338 e. The highest BCUT2D eigenvalue weighted by Gasteiger charge is 2.10. The number of carbonyl (C=O) groups is 2. The average Bonchev–Trinajstić information content (AvgIpc) is 2.95. The summed E-state index contributed by atoms with van der Waals surface area (Å²) in [6, 6.07) is 5.56. The van der Waals surface area contributed by atoms with E-state index in [-0.39, 0.29) is 17.5 Å². The monoisotopic (exact) mass is 339 g/mol. The van der Waals surface area contributed by atoms with Crippen LogP contribution in [-0.2, 0) is 4.79 Å². The fourth-order valence-electron chi connectivity index (χ4n) is 1.57. The molecule has 2 rings (SSSR count). The van der Waals surface area contributed by atoms with E-state index in [1.165, 1.54) is 35.2 Å². The Hall–Kier alpha value is -1.93. The number of hydrogen-bond donors (Lipinski definition) is 2. The zero-order chi connectivity index (χ0) is 15.9. The van der Waals surface area contributed by atoms with Crippen molar-refractivity contribution in [2.24, 2.45) is 0 Å². The highest BCUT2D eigenvalue weighted by atomic mass is 32.2. The minimum atomic E-state index is -0.501. The summed E-state index contributed by atoms with van der Waals surface area (Å²) >= 11 is 2.65. The smallest absolute Gasteiger partial charge is 0.321 e. The van der Waals surface area contributed by atoms with E-state index < -0.39 is 6.03 Å². The van der Waals surface area contributed by atoms with E-state index in [1.54, 1.807) is 19.1 Å². The molecule has 0 bridgehead atoms. The average molecular weight is 339 g/mol. The van der Waals surface area contributed by atoms with E-state index in [0.717, 1.165) is 11.3 Å². The van der Waals surface area contributed by atoms with Crippen molar-refractivity contribution in [1.82, 2.24) is 15.6 Å². The summed E-state index contributed by atoms with van der Waals surface area (Å²) in [7, 11) is 0. The summed E-state index contributed by atoms with van der Waals surface area (Å²) in [4.78, 5) is 27.1. The van der Waals surface area contributed by atoms with Crippen LogP contribution in [0.2, 0.25) is 0 Å². The number of nitrogens with one attached hydrogen (secondary N) is 2. The van der Waals surface area contributed by atoms with Gasteiger partial charge in [-0.05, 0) is 31.2 Å². The number of amides is 3. The minimum absolute atomic E-state index is 0.105. The van der Waals surface area contributed by atoms with E-state index >= 15 is 0 Å². The Morgan fingerprint density at radius 2 is 2.05 bits per heavy atom. The number of hydrogen-bond acceptors (Lipinski definition) is 5. The summed E-state index contributed by atoms with van der Waals surface area (Å²) in [6.45, 7) is 2.23.